The lowest BCUT2D eigenvalue weighted by atomic mass is 9.42. The number of hydrogen-bond donors (Lipinski definition) is 1. The smallest absolute Gasteiger partial charge is 0.0568 e. The van der Waals surface area contributed by atoms with Gasteiger partial charge in [-0.1, -0.05) is 72.3 Å². The van der Waals surface area contributed by atoms with Gasteiger partial charge in [0.15, 0.2) is 0 Å². The first-order chi connectivity index (χ1) is 14.5. The Bertz CT molecular complexity index is 733. The lowest BCUT2D eigenvalue weighted by Crippen LogP contribution is -2.55. The minimum Gasteiger partial charge on any atom is -0.393 e. The van der Waals surface area contributed by atoms with E-state index in [1.54, 1.807) is 0 Å². The Labute approximate surface area is 193 Å². The molecule has 4 aliphatic rings. The number of aliphatic hydroxyl groups is 1. The maximum Gasteiger partial charge on any atom is 0.0568 e. The van der Waals surface area contributed by atoms with Gasteiger partial charge in [0.05, 0.1) is 6.10 Å². The Morgan fingerprint density at radius 1 is 1.10 bits per heavy atom. The van der Waals surface area contributed by atoms with Crippen molar-refractivity contribution in [2.24, 2.45) is 51.8 Å². The molecule has 1 nitrogen and oxygen atoms in total. The molecule has 1 N–H and O–H groups in total. The van der Waals surface area contributed by atoms with Crippen LogP contribution >= 0.6 is 0 Å². The highest BCUT2D eigenvalue weighted by molar-refractivity contribution is 5.32. The fourth-order valence-corrected chi connectivity index (χ4v) is 9.19. The minimum atomic E-state index is -0.0882. The van der Waals surface area contributed by atoms with E-state index in [4.69, 9.17) is 0 Å². The highest BCUT2D eigenvalue weighted by Gasteiger charge is 2.64. The summed E-state index contributed by atoms with van der Waals surface area (Å²) in [7, 11) is 0. The molecule has 0 spiro atoms. The van der Waals surface area contributed by atoms with Crippen LogP contribution in [0.15, 0.2) is 23.8 Å². The SMILES string of the molecule is C=C(CCC(C)C1CCC2(C)C3=CCC4C(C)C(O)CCC4(C)C3CCC12C)C(C)C. The third-order valence-electron chi connectivity index (χ3n) is 11.9. The monoisotopic (exact) mass is 426 g/mol. The number of hydrogen-bond acceptors (Lipinski definition) is 1. The van der Waals surface area contributed by atoms with E-state index in [1.807, 2.05) is 5.57 Å². The van der Waals surface area contributed by atoms with Crippen LogP contribution < -0.4 is 0 Å². The molecule has 3 fully saturated rings. The van der Waals surface area contributed by atoms with Gasteiger partial charge in [-0.15, -0.1) is 0 Å². The molecular formula is C30H50O. The second kappa shape index (κ2) is 8.03. The van der Waals surface area contributed by atoms with Gasteiger partial charge in [-0.05, 0) is 110 Å². The molecular weight excluding hydrogens is 376 g/mol. The molecule has 1 heteroatoms. The van der Waals surface area contributed by atoms with E-state index < -0.39 is 0 Å². The van der Waals surface area contributed by atoms with Crippen molar-refractivity contribution in [3.05, 3.63) is 23.8 Å². The predicted molar refractivity (Wildman–Crippen MR) is 133 cm³/mol. The van der Waals surface area contributed by atoms with Crippen molar-refractivity contribution in [1.82, 2.24) is 0 Å². The van der Waals surface area contributed by atoms with Crippen LogP contribution in [0.3, 0.4) is 0 Å². The summed E-state index contributed by atoms with van der Waals surface area (Å²) >= 11 is 0. The van der Waals surface area contributed by atoms with Gasteiger partial charge in [0.2, 0.25) is 0 Å². The second-order valence-electron chi connectivity index (χ2n) is 13.3. The average molecular weight is 427 g/mol. The lowest BCUT2D eigenvalue weighted by Gasteiger charge is -2.62. The first kappa shape index (κ1) is 23.6. The van der Waals surface area contributed by atoms with E-state index >= 15 is 0 Å². The summed E-state index contributed by atoms with van der Waals surface area (Å²) in [5, 5.41) is 10.6. The first-order valence-corrected chi connectivity index (χ1v) is 13.5. The predicted octanol–water partition coefficient (Wildman–Crippen LogP) is 8.19. The van der Waals surface area contributed by atoms with E-state index in [2.05, 4.69) is 61.1 Å². The highest BCUT2D eigenvalue weighted by Crippen LogP contribution is 2.72. The molecule has 176 valence electrons. The van der Waals surface area contributed by atoms with Crippen molar-refractivity contribution in [3.8, 4) is 0 Å². The number of fused-ring (bicyclic) bond motifs is 5. The van der Waals surface area contributed by atoms with Gasteiger partial charge in [0, 0.05) is 0 Å². The highest BCUT2D eigenvalue weighted by atomic mass is 16.3. The van der Waals surface area contributed by atoms with Crippen LogP contribution in [0.2, 0.25) is 0 Å². The number of allylic oxidation sites excluding steroid dienone is 3. The topological polar surface area (TPSA) is 20.2 Å². The summed E-state index contributed by atoms with van der Waals surface area (Å²) < 4.78 is 0. The van der Waals surface area contributed by atoms with Crippen LogP contribution in [0.5, 0.6) is 0 Å². The van der Waals surface area contributed by atoms with Gasteiger partial charge >= 0.3 is 0 Å². The summed E-state index contributed by atoms with van der Waals surface area (Å²) in [6.45, 7) is 21.7. The van der Waals surface area contributed by atoms with Gasteiger partial charge in [-0.3, -0.25) is 0 Å². The average Bonchev–Trinajstić information content (AvgIpc) is 3.00. The molecule has 3 saturated carbocycles. The molecule has 0 aromatic heterocycles. The van der Waals surface area contributed by atoms with Crippen LogP contribution in [0, 0.1) is 51.8 Å². The van der Waals surface area contributed by atoms with E-state index in [0.717, 1.165) is 24.2 Å². The van der Waals surface area contributed by atoms with Crippen LogP contribution in [-0.2, 0) is 0 Å². The zero-order chi connectivity index (χ0) is 22.8. The van der Waals surface area contributed by atoms with Crippen molar-refractivity contribution in [3.63, 3.8) is 0 Å². The first-order valence-electron chi connectivity index (χ1n) is 13.5. The largest absolute Gasteiger partial charge is 0.393 e. The molecule has 0 aromatic rings. The molecule has 31 heavy (non-hydrogen) atoms. The van der Waals surface area contributed by atoms with Gasteiger partial charge < -0.3 is 5.11 Å². The summed E-state index contributed by atoms with van der Waals surface area (Å²) in [5.41, 5.74) is 4.48. The summed E-state index contributed by atoms with van der Waals surface area (Å²) in [5.74, 6) is 4.10. The molecule has 0 bridgehead atoms. The third-order valence-corrected chi connectivity index (χ3v) is 11.9. The zero-order valence-corrected chi connectivity index (χ0v) is 21.6. The summed E-state index contributed by atoms with van der Waals surface area (Å²) in [4.78, 5) is 0. The molecule has 0 heterocycles. The van der Waals surface area contributed by atoms with Crippen LogP contribution in [-0.4, -0.2) is 11.2 Å². The molecule has 0 amide bonds. The third kappa shape index (κ3) is 3.43. The van der Waals surface area contributed by atoms with Crippen LogP contribution in [0.25, 0.3) is 0 Å². The van der Waals surface area contributed by atoms with Crippen molar-refractivity contribution < 1.29 is 5.11 Å². The summed E-state index contributed by atoms with van der Waals surface area (Å²) in [6, 6.07) is 0. The van der Waals surface area contributed by atoms with Crippen molar-refractivity contribution in [1.29, 1.82) is 0 Å². The quantitative estimate of drug-likeness (QED) is 0.439. The molecule has 0 saturated heterocycles. The normalized spacial score (nSPS) is 47.9. The standard InChI is InChI=1S/C30H50O/c1-19(2)20(3)9-10-21(4)23-13-17-30(8)26-12-11-24-22(5)27(31)15-16-28(24,6)25(26)14-18-29(23,30)7/h12,19,21-25,27,31H,3,9-11,13-18H2,1-2,4-8H3. The molecule has 4 rings (SSSR count). The Morgan fingerprint density at radius 3 is 2.48 bits per heavy atom. The van der Waals surface area contributed by atoms with Gasteiger partial charge in [-0.25, -0.2) is 0 Å². The lowest BCUT2D eigenvalue weighted by molar-refractivity contribution is -0.0896. The van der Waals surface area contributed by atoms with E-state index in [0.29, 0.717) is 34.0 Å². The number of aliphatic hydroxyl groups excluding tert-OH is 1. The zero-order valence-electron chi connectivity index (χ0n) is 21.6. The molecule has 4 aliphatic carbocycles. The van der Waals surface area contributed by atoms with Gasteiger partial charge in [-0.2, -0.15) is 0 Å². The molecule has 9 unspecified atom stereocenters. The Kier molecular flexibility index (Phi) is 6.11. The Morgan fingerprint density at radius 2 is 1.81 bits per heavy atom. The minimum absolute atomic E-state index is 0.0882. The molecule has 0 aliphatic heterocycles. The van der Waals surface area contributed by atoms with E-state index in [1.165, 1.54) is 56.9 Å². The van der Waals surface area contributed by atoms with Crippen molar-refractivity contribution >= 4 is 0 Å². The number of rotatable bonds is 5. The molecule has 0 aromatic carbocycles. The fourth-order valence-electron chi connectivity index (χ4n) is 9.19. The Balaban J connectivity index is 1.58. The van der Waals surface area contributed by atoms with Gasteiger partial charge in [0.25, 0.3) is 0 Å². The van der Waals surface area contributed by atoms with Crippen molar-refractivity contribution in [2.75, 3.05) is 0 Å². The Hall–Kier alpha value is -0.560. The van der Waals surface area contributed by atoms with Gasteiger partial charge in [0.1, 0.15) is 0 Å². The van der Waals surface area contributed by atoms with E-state index in [-0.39, 0.29) is 6.10 Å². The maximum absolute atomic E-state index is 10.6. The molecule has 0 radical (unpaired) electrons. The fraction of sp³-hybridized carbons (Fsp3) is 0.867. The maximum atomic E-state index is 10.6. The van der Waals surface area contributed by atoms with Crippen molar-refractivity contribution in [2.45, 2.75) is 112 Å². The second-order valence-corrected chi connectivity index (χ2v) is 13.3. The van der Waals surface area contributed by atoms with Crippen LogP contribution in [0.1, 0.15) is 106 Å². The molecule has 9 atom stereocenters. The van der Waals surface area contributed by atoms with Crippen LogP contribution in [0.4, 0.5) is 0 Å². The summed E-state index contributed by atoms with van der Waals surface area (Å²) in [6.07, 6.45) is 14.1. The van der Waals surface area contributed by atoms with E-state index in [9.17, 15) is 5.11 Å².